The summed E-state index contributed by atoms with van der Waals surface area (Å²) in [5, 5.41) is 19.5. The molecule has 2 unspecified atom stereocenters. The first kappa shape index (κ1) is 32.4. The molecule has 2 aromatic heterocycles. The zero-order valence-corrected chi connectivity index (χ0v) is 24.5. The lowest BCUT2D eigenvalue weighted by Crippen LogP contribution is -2.53. The predicted molar refractivity (Wildman–Crippen MR) is 148 cm³/mol. The van der Waals surface area contributed by atoms with Gasteiger partial charge in [0.05, 0.1) is 24.0 Å². The van der Waals surface area contributed by atoms with E-state index < -0.39 is 73.3 Å². The number of aliphatic carboxylic acids is 1. The van der Waals surface area contributed by atoms with E-state index in [4.69, 9.17) is 14.2 Å². The first-order chi connectivity index (χ1) is 20.2. The number of thiophene rings is 1. The maximum atomic E-state index is 14.0. The van der Waals surface area contributed by atoms with Crippen LogP contribution in [0, 0.1) is 24.2 Å². The minimum Gasteiger partial charge on any atom is -0.491 e. The van der Waals surface area contributed by atoms with Crippen molar-refractivity contribution in [3.05, 3.63) is 54.8 Å². The fourth-order valence-electron chi connectivity index (χ4n) is 5.17. The summed E-state index contributed by atoms with van der Waals surface area (Å²) < 4.78 is 73.6. The summed E-state index contributed by atoms with van der Waals surface area (Å²) in [6.07, 6.45) is -4.07. The van der Waals surface area contributed by atoms with Crippen LogP contribution in [0.3, 0.4) is 0 Å². The number of aromatic nitrogens is 2. The van der Waals surface area contributed by atoms with Gasteiger partial charge in [-0.3, -0.25) is 9.36 Å². The van der Waals surface area contributed by atoms with E-state index in [2.05, 4.69) is 0 Å². The number of allylic oxidation sites excluding steroid dienone is 2. The Hall–Kier alpha value is -3.48. The van der Waals surface area contributed by atoms with E-state index in [1.165, 1.54) is 20.8 Å². The molecule has 234 valence electrons. The molecule has 2 aromatic rings. The molecule has 0 radical (unpaired) electrons. The summed E-state index contributed by atoms with van der Waals surface area (Å²) >= 11 is 0.835. The van der Waals surface area contributed by atoms with Gasteiger partial charge in [0.25, 0.3) is 5.56 Å². The summed E-state index contributed by atoms with van der Waals surface area (Å²) in [4.78, 5) is 39.9. The molecule has 10 nitrogen and oxygen atoms in total. The molecular formula is C28H31F4N3O7S. The smallest absolute Gasteiger partial charge is 0.395 e. The van der Waals surface area contributed by atoms with Gasteiger partial charge in [-0.05, 0) is 51.7 Å². The molecule has 0 spiro atoms. The highest BCUT2D eigenvalue weighted by molar-refractivity contribution is 7.19. The van der Waals surface area contributed by atoms with Crippen LogP contribution < -0.4 is 11.2 Å². The highest BCUT2D eigenvalue weighted by Gasteiger charge is 2.42. The minimum absolute atomic E-state index is 0.0289. The van der Waals surface area contributed by atoms with Crippen LogP contribution in [0.1, 0.15) is 43.6 Å². The second-order valence-corrected chi connectivity index (χ2v) is 11.8. The number of rotatable bonds is 10. The van der Waals surface area contributed by atoms with Gasteiger partial charge in [0.1, 0.15) is 46.5 Å². The number of nitriles is 1. The van der Waals surface area contributed by atoms with Crippen molar-refractivity contribution in [1.29, 1.82) is 5.26 Å². The number of hydrogen-bond donors (Lipinski definition) is 1. The van der Waals surface area contributed by atoms with Crippen LogP contribution in [0.5, 0.6) is 0 Å². The van der Waals surface area contributed by atoms with Gasteiger partial charge in [-0.1, -0.05) is 6.08 Å². The lowest BCUT2D eigenvalue weighted by Gasteiger charge is -2.33. The summed E-state index contributed by atoms with van der Waals surface area (Å²) in [5.41, 5.74) is -3.70. The fraction of sp³-hybridized carbons (Fsp3) is 0.571. The molecule has 1 N–H and O–H groups in total. The Kier molecular flexibility index (Phi) is 9.53. The lowest BCUT2D eigenvalue weighted by molar-refractivity contribution is -0.162. The van der Waals surface area contributed by atoms with E-state index in [9.17, 15) is 42.3 Å². The zero-order valence-electron chi connectivity index (χ0n) is 23.7. The van der Waals surface area contributed by atoms with E-state index in [-0.39, 0.29) is 32.0 Å². The SMILES string of the molecule is Cc1c(C#N)sc2c1c(=O)n(C(C)(C)C(=O)O)c(=O)n2CC(OC1CCOCC1)C1=C(OCCF)C=CC(C(F)(F)F)C1. The van der Waals surface area contributed by atoms with Crippen molar-refractivity contribution in [2.45, 2.75) is 70.5 Å². The average Bonchev–Trinajstić information content (AvgIpc) is 3.29. The van der Waals surface area contributed by atoms with Crippen LogP contribution in [-0.4, -0.2) is 65.1 Å². The molecule has 3 heterocycles. The molecule has 43 heavy (non-hydrogen) atoms. The molecule has 1 aliphatic heterocycles. The molecule has 0 saturated carbocycles. The number of nitrogens with zero attached hydrogens (tertiary/aromatic N) is 3. The first-order valence-electron chi connectivity index (χ1n) is 13.5. The van der Waals surface area contributed by atoms with Gasteiger partial charge in [0.2, 0.25) is 0 Å². The summed E-state index contributed by atoms with van der Waals surface area (Å²) in [6.45, 7) is 2.73. The summed E-state index contributed by atoms with van der Waals surface area (Å²) in [6, 6.07) is 1.97. The quantitative estimate of drug-likeness (QED) is 0.388. The normalized spacial score (nSPS) is 19.1. The molecule has 0 bridgehead atoms. The Labute approximate surface area is 247 Å². The number of carboxylic acids is 1. The van der Waals surface area contributed by atoms with Crippen LogP contribution in [-0.2, 0) is 31.1 Å². The first-order valence-corrected chi connectivity index (χ1v) is 14.4. The van der Waals surface area contributed by atoms with E-state index in [1.807, 2.05) is 6.07 Å². The van der Waals surface area contributed by atoms with Crippen molar-refractivity contribution in [3.8, 4) is 6.07 Å². The van der Waals surface area contributed by atoms with Crippen LogP contribution in [0.15, 0.2) is 33.1 Å². The van der Waals surface area contributed by atoms with Crippen molar-refractivity contribution >= 4 is 27.5 Å². The minimum atomic E-state index is -4.62. The topological polar surface area (TPSA) is 133 Å². The molecule has 1 aliphatic carbocycles. The Balaban J connectivity index is 1.97. The monoisotopic (exact) mass is 629 g/mol. The highest BCUT2D eigenvalue weighted by atomic mass is 32.1. The maximum Gasteiger partial charge on any atom is 0.395 e. The second kappa shape index (κ2) is 12.6. The van der Waals surface area contributed by atoms with Crippen LogP contribution >= 0.6 is 11.3 Å². The number of aryl methyl sites for hydroxylation is 1. The Morgan fingerprint density at radius 1 is 1.28 bits per heavy atom. The molecule has 15 heteroatoms. The largest absolute Gasteiger partial charge is 0.491 e. The molecule has 0 aromatic carbocycles. The molecule has 4 rings (SSSR count). The molecule has 1 saturated heterocycles. The van der Waals surface area contributed by atoms with Gasteiger partial charge in [-0.15, -0.1) is 11.3 Å². The zero-order chi connectivity index (χ0) is 31.7. The standard InChI is InChI=1S/C28H31F4N3O7S/c1-15-21(13-33)43-24-22(15)23(36)35(27(2,3)25(37)38)26(39)34(24)14-20(42-17-6-9-40-10-7-17)18-12-16(28(30,31)32)4-5-19(18)41-11-8-29/h4-5,16-17,20H,6-12,14H2,1-3H3,(H,37,38). The van der Waals surface area contributed by atoms with Gasteiger partial charge in [-0.2, -0.15) is 18.4 Å². The third-order valence-electron chi connectivity index (χ3n) is 7.65. The number of alkyl halides is 4. The molecule has 2 atom stereocenters. The van der Waals surface area contributed by atoms with Crippen molar-refractivity contribution in [2.24, 2.45) is 5.92 Å². The third-order valence-corrected chi connectivity index (χ3v) is 8.87. The van der Waals surface area contributed by atoms with Crippen molar-refractivity contribution in [1.82, 2.24) is 9.13 Å². The molecular weight excluding hydrogens is 598 g/mol. The molecule has 1 fully saturated rings. The number of carboxylic acid groups (broad SMARTS) is 1. The van der Waals surface area contributed by atoms with Gasteiger partial charge in [-0.25, -0.2) is 18.5 Å². The van der Waals surface area contributed by atoms with Gasteiger partial charge >= 0.3 is 17.8 Å². The Morgan fingerprint density at radius 2 is 1.95 bits per heavy atom. The number of carbonyl (C=O) groups is 1. The number of halogens is 4. The second-order valence-electron chi connectivity index (χ2n) is 10.8. The van der Waals surface area contributed by atoms with E-state index >= 15 is 0 Å². The predicted octanol–water partition coefficient (Wildman–Crippen LogP) is 4.17. The van der Waals surface area contributed by atoms with Crippen LogP contribution in [0.25, 0.3) is 10.2 Å². The van der Waals surface area contributed by atoms with Crippen LogP contribution in [0.4, 0.5) is 17.6 Å². The van der Waals surface area contributed by atoms with Crippen molar-refractivity contribution < 1.29 is 41.7 Å². The van der Waals surface area contributed by atoms with Crippen molar-refractivity contribution in [3.63, 3.8) is 0 Å². The number of fused-ring (bicyclic) bond motifs is 1. The Bertz CT molecular complexity index is 1610. The van der Waals surface area contributed by atoms with Gasteiger partial charge < -0.3 is 19.3 Å². The summed E-state index contributed by atoms with van der Waals surface area (Å²) in [7, 11) is 0. The lowest BCUT2D eigenvalue weighted by atomic mass is 9.89. The average molecular weight is 630 g/mol. The van der Waals surface area contributed by atoms with Gasteiger partial charge in [0.15, 0.2) is 0 Å². The third kappa shape index (κ3) is 6.41. The number of hydrogen-bond acceptors (Lipinski definition) is 8. The van der Waals surface area contributed by atoms with E-state index in [0.717, 1.165) is 28.1 Å². The maximum absolute atomic E-state index is 14.0. The highest BCUT2D eigenvalue weighted by Crippen LogP contribution is 2.39. The van der Waals surface area contributed by atoms with Crippen molar-refractivity contribution in [2.75, 3.05) is 26.5 Å². The molecule has 0 amide bonds. The molecule has 2 aliphatic rings. The van der Waals surface area contributed by atoms with E-state index in [0.29, 0.717) is 30.6 Å². The van der Waals surface area contributed by atoms with E-state index in [1.54, 1.807) is 0 Å². The van der Waals surface area contributed by atoms with Gasteiger partial charge in [0, 0.05) is 18.8 Å². The fourth-order valence-corrected chi connectivity index (χ4v) is 6.27. The Morgan fingerprint density at radius 3 is 2.53 bits per heavy atom. The summed E-state index contributed by atoms with van der Waals surface area (Å²) in [5.74, 6) is -3.42. The number of ether oxygens (including phenoxy) is 3. The van der Waals surface area contributed by atoms with Crippen LogP contribution in [0.2, 0.25) is 0 Å².